The third-order valence-electron chi connectivity index (χ3n) is 4.44. The number of carbonyl (C=O) groups excluding carboxylic acids is 1. The van der Waals surface area contributed by atoms with Crippen LogP contribution in [-0.2, 0) is 24.8 Å². The Kier molecular flexibility index (Phi) is 8.21. The van der Waals surface area contributed by atoms with Crippen molar-refractivity contribution in [2.45, 2.75) is 10.3 Å². The molecule has 0 bridgehead atoms. The molecular formula is C16H17FN3NaO6S3. The van der Waals surface area contributed by atoms with Crippen LogP contribution in [0.3, 0.4) is 0 Å². The Labute approximate surface area is 199 Å². The fraction of sp³-hybridized carbons (Fsp3) is 0.312. The predicted octanol–water partition coefficient (Wildman–Crippen LogP) is -2.19. The van der Waals surface area contributed by atoms with Gasteiger partial charge in [0.05, 0.1) is 6.26 Å². The van der Waals surface area contributed by atoms with Crippen LogP contribution < -0.4 is 35.0 Å². The number of sulfonamides is 2. The topological polar surface area (TPSA) is 127 Å². The monoisotopic (exact) mass is 485 g/mol. The fourth-order valence-corrected chi connectivity index (χ4v) is 6.79. The van der Waals surface area contributed by atoms with E-state index in [4.69, 9.17) is 0 Å². The summed E-state index contributed by atoms with van der Waals surface area (Å²) in [5.74, 6) is -1.56. The summed E-state index contributed by atoms with van der Waals surface area (Å²) in [5, 5.41) is 10.9. The SMILES string of the molecule is CS(=O)(=O)N1CCN(S(=O)(=O)c2ccc(-c3ccc(F)cc3)s2)[C@@H](C(=O)N[O-])C1.[Na+]. The summed E-state index contributed by atoms with van der Waals surface area (Å²) in [7, 11) is -7.84. The maximum atomic E-state index is 13.1. The van der Waals surface area contributed by atoms with E-state index in [0.29, 0.717) is 10.4 Å². The number of halogens is 1. The molecule has 3 rings (SSSR count). The van der Waals surface area contributed by atoms with Crippen LogP contribution in [0.5, 0.6) is 0 Å². The van der Waals surface area contributed by atoms with E-state index in [-0.39, 0.29) is 46.9 Å². The summed E-state index contributed by atoms with van der Waals surface area (Å²) in [6.45, 7) is -0.878. The number of hydrogen-bond donors (Lipinski definition) is 1. The van der Waals surface area contributed by atoms with Crippen molar-refractivity contribution < 1.29 is 55.6 Å². The minimum atomic E-state index is -4.17. The Morgan fingerprint density at radius 1 is 1.13 bits per heavy atom. The molecule has 1 N–H and O–H groups in total. The van der Waals surface area contributed by atoms with Gasteiger partial charge in [-0.3, -0.25) is 4.79 Å². The van der Waals surface area contributed by atoms with Crippen molar-refractivity contribution in [3.63, 3.8) is 0 Å². The van der Waals surface area contributed by atoms with Gasteiger partial charge in [-0.15, -0.1) is 11.3 Å². The van der Waals surface area contributed by atoms with Crippen LogP contribution in [-0.4, -0.2) is 63.3 Å². The molecule has 1 aromatic heterocycles. The molecule has 2 aromatic rings. The number of amides is 1. The average Bonchev–Trinajstić information content (AvgIpc) is 3.18. The zero-order chi connectivity index (χ0) is 21.4. The summed E-state index contributed by atoms with van der Waals surface area (Å²) < 4.78 is 64.6. The van der Waals surface area contributed by atoms with Crippen LogP contribution in [0.25, 0.3) is 10.4 Å². The first-order valence-electron chi connectivity index (χ1n) is 8.29. The third-order valence-corrected chi connectivity index (χ3v) is 9.22. The zero-order valence-corrected chi connectivity index (χ0v) is 20.6. The van der Waals surface area contributed by atoms with Gasteiger partial charge in [0.25, 0.3) is 10.0 Å². The van der Waals surface area contributed by atoms with Gasteiger partial charge in [-0.05, 0) is 29.8 Å². The number of piperazine rings is 1. The van der Waals surface area contributed by atoms with E-state index in [1.807, 2.05) is 0 Å². The van der Waals surface area contributed by atoms with Crippen LogP contribution in [0.4, 0.5) is 4.39 Å². The van der Waals surface area contributed by atoms with Crippen LogP contribution in [0.1, 0.15) is 0 Å². The zero-order valence-electron chi connectivity index (χ0n) is 16.1. The van der Waals surface area contributed by atoms with Crippen molar-refractivity contribution in [1.29, 1.82) is 0 Å². The maximum Gasteiger partial charge on any atom is 1.00 e. The van der Waals surface area contributed by atoms with Gasteiger partial charge in [-0.1, -0.05) is 12.1 Å². The molecule has 30 heavy (non-hydrogen) atoms. The minimum Gasteiger partial charge on any atom is -0.759 e. The second-order valence-electron chi connectivity index (χ2n) is 6.34. The first-order valence-corrected chi connectivity index (χ1v) is 12.4. The molecule has 1 aliphatic rings. The maximum absolute atomic E-state index is 13.1. The van der Waals surface area contributed by atoms with Gasteiger partial charge in [0, 0.05) is 24.5 Å². The van der Waals surface area contributed by atoms with E-state index in [1.54, 1.807) is 6.07 Å². The number of hydroxylamine groups is 1. The Hall–Kier alpha value is -0.900. The fourth-order valence-electron chi connectivity index (χ4n) is 2.96. The summed E-state index contributed by atoms with van der Waals surface area (Å²) in [6.07, 6.45) is 0.942. The first kappa shape index (κ1) is 25.4. The summed E-state index contributed by atoms with van der Waals surface area (Å²) in [6, 6.07) is 6.95. The molecule has 2 heterocycles. The van der Waals surface area contributed by atoms with Gasteiger partial charge >= 0.3 is 29.6 Å². The molecule has 0 saturated carbocycles. The van der Waals surface area contributed by atoms with Crippen molar-refractivity contribution in [3.05, 3.63) is 47.4 Å². The second-order valence-corrected chi connectivity index (χ2v) is 11.5. The van der Waals surface area contributed by atoms with E-state index in [9.17, 15) is 31.2 Å². The number of hydrogen-bond acceptors (Lipinski definition) is 7. The summed E-state index contributed by atoms with van der Waals surface area (Å²) in [4.78, 5) is 12.6. The number of carbonyl (C=O) groups is 1. The molecular weight excluding hydrogens is 468 g/mol. The first-order chi connectivity index (χ1) is 13.5. The van der Waals surface area contributed by atoms with Crippen molar-refractivity contribution >= 4 is 37.3 Å². The quantitative estimate of drug-likeness (QED) is 0.379. The largest absolute Gasteiger partial charge is 1.00 e. The normalized spacial score (nSPS) is 18.6. The van der Waals surface area contributed by atoms with E-state index in [0.717, 1.165) is 31.7 Å². The van der Waals surface area contributed by atoms with Crippen molar-refractivity contribution in [1.82, 2.24) is 14.1 Å². The van der Waals surface area contributed by atoms with Gasteiger partial charge in [0.15, 0.2) is 0 Å². The summed E-state index contributed by atoms with van der Waals surface area (Å²) in [5.41, 5.74) is 1.77. The number of nitrogens with zero attached hydrogens (tertiary/aromatic N) is 2. The van der Waals surface area contributed by atoms with Crippen LogP contribution in [0.15, 0.2) is 40.6 Å². The molecule has 0 radical (unpaired) electrons. The molecule has 14 heteroatoms. The van der Waals surface area contributed by atoms with Gasteiger partial charge < -0.3 is 10.7 Å². The molecule has 1 amide bonds. The van der Waals surface area contributed by atoms with Gasteiger partial charge in [-0.25, -0.2) is 21.2 Å². The van der Waals surface area contributed by atoms with Crippen molar-refractivity contribution in [2.75, 3.05) is 25.9 Å². The molecule has 9 nitrogen and oxygen atoms in total. The molecule has 0 unspecified atom stereocenters. The molecule has 158 valence electrons. The average molecular weight is 486 g/mol. The molecule has 1 atom stereocenters. The standard InChI is InChI=1S/C16H17FN3O6S3.Na/c1-28(23,24)19-8-9-20(13(10-19)16(21)18-22)29(25,26)15-7-6-14(27-15)11-2-4-12(17)5-3-11;/h2-7,13H,8-10H2,1H3,(H-,18,21,22);/q-1;+1/t13-;/m1./s1. The van der Waals surface area contributed by atoms with Crippen LogP contribution >= 0.6 is 11.3 Å². The van der Waals surface area contributed by atoms with Gasteiger partial charge in [0.1, 0.15) is 16.1 Å². The number of nitrogens with one attached hydrogen (secondary N) is 1. The Balaban J connectivity index is 0.00000320. The molecule has 0 spiro atoms. The predicted molar refractivity (Wildman–Crippen MR) is 105 cm³/mol. The number of rotatable bonds is 5. The van der Waals surface area contributed by atoms with Crippen molar-refractivity contribution in [2.24, 2.45) is 0 Å². The van der Waals surface area contributed by atoms with Crippen molar-refractivity contribution in [3.8, 4) is 10.4 Å². The molecule has 1 fully saturated rings. The van der Waals surface area contributed by atoms with Crippen LogP contribution in [0.2, 0.25) is 0 Å². The van der Waals surface area contributed by atoms with Gasteiger partial charge in [0.2, 0.25) is 15.9 Å². The van der Waals surface area contributed by atoms with E-state index < -0.39 is 44.4 Å². The van der Waals surface area contributed by atoms with E-state index in [1.165, 1.54) is 30.3 Å². The van der Waals surface area contributed by atoms with E-state index >= 15 is 0 Å². The smallest absolute Gasteiger partial charge is 0.759 e. The Morgan fingerprint density at radius 3 is 2.33 bits per heavy atom. The molecule has 1 saturated heterocycles. The third kappa shape index (κ3) is 5.29. The molecule has 1 aromatic carbocycles. The number of benzene rings is 1. The summed E-state index contributed by atoms with van der Waals surface area (Å²) >= 11 is 0.926. The van der Waals surface area contributed by atoms with Gasteiger partial charge in [-0.2, -0.15) is 8.61 Å². The molecule has 0 aliphatic carbocycles. The molecule has 1 aliphatic heterocycles. The number of thiophene rings is 1. The van der Waals surface area contributed by atoms with E-state index in [2.05, 4.69) is 0 Å². The Bertz CT molecular complexity index is 1120. The Morgan fingerprint density at radius 2 is 1.77 bits per heavy atom. The second kappa shape index (κ2) is 9.71. The van der Waals surface area contributed by atoms with Crippen LogP contribution in [0, 0.1) is 11.0 Å². The minimum absolute atomic E-state index is 0.